The Morgan fingerprint density at radius 3 is 2.78 bits per heavy atom. The van der Waals surface area contributed by atoms with E-state index in [0.29, 0.717) is 10.6 Å². The monoisotopic (exact) mass is 263 g/mol. The number of benzene rings is 1. The molecule has 0 saturated carbocycles. The van der Waals surface area contributed by atoms with Crippen LogP contribution in [0.15, 0.2) is 29.9 Å². The number of carboxylic acids is 1. The van der Waals surface area contributed by atoms with Crippen LogP contribution in [0.5, 0.6) is 0 Å². The summed E-state index contributed by atoms with van der Waals surface area (Å²) in [4.78, 5) is 27.0. The molecule has 18 heavy (non-hydrogen) atoms. The van der Waals surface area contributed by atoms with Crippen LogP contribution in [0, 0.1) is 0 Å². The number of nitrogen functional groups attached to an aromatic ring is 1. The number of thiazole rings is 1. The van der Waals surface area contributed by atoms with Crippen molar-refractivity contribution in [1.29, 1.82) is 0 Å². The molecule has 1 amide bonds. The number of hydrogen-bond donors (Lipinski definition) is 3. The van der Waals surface area contributed by atoms with E-state index in [4.69, 9.17) is 10.8 Å². The Morgan fingerprint density at radius 1 is 1.39 bits per heavy atom. The fourth-order valence-electron chi connectivity index (χ4n) is 1.36. The number of nitrogens with one attached hydrogen (secondary N) is 1. The van der Waals surface area contributed by atoms with Crippen molar-refractivity contribution < 1.29 is 14.7 Å². The number of aromatic carboxylic acids is 1. The molecule has 1 aromatic carbocycles. The van der Waals surface area contributed by atoms with E-state index in [1.807, 2.05) is 0 Å². The summed E-state index contributed by atoms with van der Waals surface area (Å²) in [6, 6.07) is 4.27. The maximum atomic E-state index is 11.8. The summed E-state index contributed by atoms with van der Waals surface area (Å²) in [6.45, 7) is 0. The topological polar surface area (TPSA) is 105 Å². The first-order chi connectivity index (χ1) is 8.58. The molecule has 0 radical (unpaired) electrons. The number of rotatable bonds is 3. The number of carboxylic acid groups (broad SMARTS) is 1. The highest BCUT2D eigenvalue weighted by molar-refractivity contribution is 7.11. The van der Waals surface area contributed by atoms with Crippen LogP contribution in [0.2, 0.25) is 0 Å². The van der Waals surface area contributed by atoms with Crippen LogP contribution < -0.4 is 11.1 Å². The molecule has 0 aliphatic carbocycles. The minimum absolute atomic E-state index is 0.0483. The molecule has 7 heteroatoms. The number of hydrogen-bond acceptors (Lipinski definition) is 5. The predicted octanol–water partition coefficient (Wildman–Crippen LogP) is 1.68. The van der Waals surface area contributed by atoms with Crippen LogP contribution in [0.4, 0.5) is 11.4 Å². The number of nitrogens with zero attached hydrogens (tertiary/aromatic N) is 1. The zero-order valence-electron chi connectivity index (χ0n) is 9.08. The molecule has 4 N–H and O–H groups in total. The summed E-state index contributed by atoms with van der Waals surface area (Å²) >= 11 is 1.17. The van der Waals surface area contributed by atoms with Crippen LogP contribution in [0.3, 0.4) is 0 Å². The Morgan fingerprint density at radius 2 is 2.17 bits per heavy atom. The molecule has 0 bridgehead atoms. The summed E-state index contributed by atoms with van der Waals surface area (Å²) in [5.41, 5.74) is 7.51. The highest BCUT2D eigenvalue weighted by Crippen LogP contribution is 2.20. The van der Waals surface area contributed by atoms with Gasteiger partial charge in [0.25, 0.3) is 5.91 Å². The summed E-state index contributed by atoms with van der Waals surface area (Å²) < 4.78 is 0. The first-order valence-electron chi connectivity index (χ1n) is 4.90. The van der Waals surface area contributed by atoms with E-state index in [1.165, 1.54) is 41.2 Å². The van der Waals surface area contributed by atoms with E-state index in [-0.39, 0.29) is 11.3 Å². The minimum Gasteiger partial charge on any atom is -0.478 e. The molecule has 0 spiro atoms. The normalized spacial score (nSPS) is 10.0. The van der Waals surface area contributed by atoms with Gasteiger partial charge in [-0.3, -0.25) is 9.78 Å². The molecule has 0 aliphatic heterocycles. The largest absolute Gasteiger partial charge is 0.478 e. The molecule has 0 aliphatic rings. The van der Waals surface area contributed by atoms with E-state index in [2.05, 4.69) is 10.3 Å². The zero-order chi connectivity index (χ0) is 13.1. The third-order valence-electron chi connectivity index (χ3n) is 2.18. The molecule has 6 nitrogen and oxygen atoms in total. The molecular formula is C11H9N3O3S. The maximum Gasteiger partial charge on any atom is 0.337 e. The fourth-order valence-corrected chi connectivity index (χ4v) is 1.87. The van der Waals surface area contributed by atoms with E-state index in [9.17, 15) is 9.59 Å². The van der Waals surface area contributed by atoms with Gasteiger partial charge in [-0.25, -0.2) is 4.79 Å². The number of carbonyl (C=O) groups is 2. The van der Waals surface area contributed by atoms with Crippen molar-refractivity contribution in [3.63, 3.8) is 0 Å². The van der Waals surface area contributed by atoms with Gasteiger partial charge in [0.2, 0.25) is 0 Å². The van der Waals surface area contributed by atoms with Crippen LogP contribution >= 0.6 is 11.3 Å². The second kappa shape index (κ2) is 4.84. The Balaban J connectivity index is 2.29. The average Bonchev–Trinajstić information content (AvgIpc) is 2.84. The van der Waals surface area contributed by atoms with Crippen LogP contribution in [-0.4, -0.2) is 22.0 Å². The Kier molecular flexibility index (Phi) is 3.24. The lowest BCUT2D eigenvalue weighted by molar-refractivity contribution is 0.0698. The quantitative estimate of drug-likeness (QED) is 0.730. The number of aromatic nitrogens is 1. The Labute approximate surface area is 106 Å². The molecule has 2 aromatic rings. The molecule has 92 valence electrons. The van der Waals surface area contributed by atoms with Crippen LogP contribution in [-0.2, 0) is 0 Å². The van der Waals surface area contributed by atoms with Gasteiger partial charge in [0, 0.05) is 5.69 Å². The first kappa shape index (κ1) is 12.1. The lowest BCUT2D eigenvalue weighted by Crippen LogP contribution is -2.13. The van der Waals surface area contributed by atoms with Crippen molar-refractivity contribution in [3.05, 3.63) is 40.3 Å². The second-order valence-corrected chi connectivity index (χ2v) is 4.32. The molecule has 0 fully saturated rings. The third-order valence-corrected chi connectivity index (χ3v) is 2.95. The molecule has 1 heterocycles. The van der Waals surface area contributed by atoms with E-state index in [1.54, 1.807) is 0 Å². The number of amides is 1. The van der Waals surface area contributed by atoms with Crippen molar-refractivity contribution in [2.75, 3.05) is 11.1 Å². The van der Waals surface area contributed by atoms with E-state index in [0.717, 1.165) is 0 Å². The van der Waals surface area contributed by atoms with Crippen molar-refractivity contribution in [2.24, 2.45) is 0 Å². The fraction of sp³-hybridized carbons (Fsp3) is 0. The number of anilines is 2. The molecular weight excluding hydrogens is 254 g/mol. The zero-order valence-corrected chi connectivity index (χ0v) is 9.90. The highest BCUT2D eigenvalue weighted by Gasteiger charge is 2.14. The lowest BCUT2D eigenvalue weighted by atomic mass is 10.1. The van der Waals surface area contributed by atoms with Gasteiger partial charge in [0.1, 0.15) is 4.88 Å². The van der Waals surface area contributed by atoms with Gasteiger partial charge in [0.05, 0.1) is 23.0 Å². The Bertz CT molecular complexity index is 596. The Hall–Kier alpha value is -2.41. The summed E-state index contributed by atoms with van der Waals surface area (Å²) in [5, 5.41) is 11.5. The van der Waals surface area contributed by atoms with Crippen molar-refractivity contribution in [3.8, 4) is 0 Å². The highest BCUT2D eigenvalue weighted by atomic mass is 32.1. The van der Waals surface area contributed by atoms with Crippen molar-refractivity contribution in [2.45, 2.75) is 0 Å². The average molecular weight is 263 g/mol. The van der Waals surface area contributed by atoms with Gasteiger partial charge in [0.15, 0.2) is 0 Å². The summed E-state index contributed by atoms with van der Waals surface area (Å²) in [5.74, 6) is -1.55. The molecule has 0 unspecified atom stereocenters. The van der Waals surface area contributed by atoms with Gasteiger partial charge >= 0.3 is 5.97 Å². The van der Waals surface area contributed by atoms with Gasteiger partial charge in [-0.05, 0) is 18.2 Å². The van der Waals surface area contributed by atoms with Crippen LogP contribution in [0.1, 0.15) is 20.0 Å². The predicted molar refractivity (Wildman–Crippen MR) is 67.9 cm³/mol. The molecule has 0 atom stereocenters. The molecule has 0 saturated heterocycles. The number of nitrogens with two attached hydrogens (primary N) is 1. The lowest BCUT2D eigenvalue weighted by Gasteiger charge is -2.07. The van der Waals surface area contributed by atoms with Crippen LogP contribution in [0.25, 0.3) is 0 Å². The summed E-state index contributed by atoms with van der Waals surface area (Å²) in [7, 11) is 0. The van der Waals surface area contributed by atoms with E-state index >= 15 is 0 Å². The second-order valence-electron chi connectivity index (χ2n) is 3.43. The third kappa shape index (κ3) is 2.46. The van der Waals surface area contributed by atoms with Gasteiger partial charge < -0.3 is 16.2 Å². The van der Waals surface area contributed by atoms with Gasteiger partial charge in [-0.1, -0.05) is 0 Å². The van der Waals surface area contributed by atoms with Gasteiger partial charge in [-0.2, -0.15) is 0 Å². The minimum atomic E-state index is -1.15. The SMILES string of the molecule is Nc1ccc(NC(=O)c2cncs2)c(C(=O)O)c1. The smallest absolute Gasteiger partial charge is 0.337 e. The molecule has 1 aromatic heterocycles. The summed E-state index contributed by atoms with van der Waals surface area (Å²) in [6.07, 6.45) is 1.41. The van der Waals surface area contributed by atoms with Gasteiger partial charge in [-0.15, -0.1) is 11.3 Å². The maximum absolute atomic E-state index is 11.8. The molecule has 2 rings (SSSR count). The van der Waals surface area contributed by atoms with E-state index < -0.39 is 11.9 Å². The standard InChI is InChI=1S/C11H9N3O3S/c12-6-1-2-8(7(3-6)11(16)17)14-10(15)9-4-13-5-18-9/h1-5H,12H2,(H,14,15)(H,16,17). The van der Waals surface area contributed by atoms with Crippen molar-refractivity contribution >= 4 is 34.6 Å². The number of carbonyl (C=O) groups excluding carboxylic acids is 1. The van der Waals surface area contributed by atoms with Crippen molar-refractivity contribution in [1.82, 2.24) is 4.98 Å². The first-order valence-corrected chi connectivity index (χ1v) is 5.78.